The molecule has 0 saturated heterocycles. The van der Waals surface area contributed by atoms with Gasteiger partial charge in [-0.1, -0.05) is 30.3 Å². The lowest BCUT2D eigenvalue weighted by Gasteiger charge is -2.37. The maximum Gasteiger partial charge on any atom is 0.276 e. The summed E-state index contributed by atoms with van der Waals surface area (Å²) in [4.78, 5) is 32.7. The molecule has 1 N–H and O–H groups in total. The molecule has 2 heterocycles. The lowest BCUT2D eigenvalue weighted by molar-refractivity contribution is -0.128. The first kappa shape index (κ1) is 20.4. The third-order valence-electron chi connectivity index (χ3n) is 5.40. The van der Waals surface area contributed by atoms with Crippen molar-refractivity contribution in [1.29, 1.82) is 0 Å². The van der Waals surface area contributed by atoms with E-state index in [1.807, 2.05) is 26.8 Å². The van der Waals surface area contributed by atoms with Crippen molar-refractivity contribution in [2.24, 2.45) is 0 Å². The molecule has 0 aromatic carbocycles. The number of amides is 2. The highest BCUT2D eigenvalue weighted by Crippen LogP contribution is 2.33. The van der Waals surface area contributed by atoms with E-state index in [0.717, 1.165) is 43.6 Å². The molecule has 7 nitrogen and oxygen atoms in total. The minimum absolute atomic E-state index is 0.00473. The lowest BCUT2D eigenvalue weighted by Crippen LogP contribution is -2.52. The second kappa shape index (κ2) is 8.77. The van der Waals surface area contributed by atoms with E-state index in [4.69, 9.17) is 0 Å². The van der Waals surface area contributed by atoms with Gasteiger partial charge >= 0.3 is 0 Å². The second-order valence-corrected chi connectivity index (χ2v) is 8.47. The van der Waals surface area contributed by atoms with E-state index in [1.165, 1.54) is 0 Å². The topological polar surface area (TPSA) is 88.1 Å². The highest BCUT2D eigenvalue weighted by Gasteiger charge is 2.40. The van der Waals surface area contributed by atoms with E-state index in [0.29, 0.717) is 5.56 Å². The molecule has 0 unspecified atom stereocenters. The summed E-state index contributed by atoms with van der Waals surface area (Å²) >= 11 is 1.14. The van der Waals surface area contributed by atoms with E-state index in [1.54, 1.807) is 28.7 Å². The van der Waals surface area contributed by atoms with Crippen LogP contribution in [0, 0.1) is 0 Å². The van der Waals surface area contributed by atoms with Crippen molar-refractivity contribution in [1.82, 2.24) is 24.8 Å². The minimum Gasteiger partial charge on any atom is -0.349 e. The molecule has 2 aromatic heterocycles. The van der Waals surface area contributed by atoms with E-state index < -0.39 is 6.04 Å². The molecule has 1 atom stereocenters. The van der Waals surface area contributed by atoms with Crippen LogP contribution < -0.4 is 5.32 Å². The molecule has 8 heteroatoms. The first-order valence-electron chi connectivity index (χ1n) is 9.74. The quantitative estimate of drug-likeness (QED) is 0.768. The van der Waals surface area contributed by atoms with Crippen molar-refractivity contribution in [2.75, 3.05) is 0 Å². The van der Waals surface area contributed by atoms with Gasteiger partial charge in [0.05, 0.1) is 0 Å². The molecule has 0 radical (unpaired) electrons. The zero-order valence-corrected chi connectivity index (χ0v) is 17.4. The Morgan fingerprint density at radius 2 is 2.11 bits per heavy atom. The number of carbonyl (C=O) groups is 2. The number of aromatic nitrogens is 3. The van der Waals surface area contributed by atoms with Gasteiger partial charge in [0.15, 0.2) is 5.69 Å². The number of carbonyl (C=O) groups excluding carboxylic acids is 2. The van der Waals surface area contributed by atoms with E-state index in [-0.39, 0.29) is 29.1 Å². The van der Waals surface area contributed by atoms with E-state index >= 15 is 0 Å². The summed E-state index contributed by atoms with van der Waals surface area (Å²) in [5.41, 5.74) is 0.619. The van der Waals surface area contributed by atoms with Gasteiger partial charge in [-0.2, -0.15) is 0 Å². The number of nitrogens with one attached hydrogen (secondary N) is 1. The molecular formula is C20H27N5O2S. The molecule has 1 saturated carbocycles. The van der Waals surface area contributed by atoms with Crippen molar-refractivity contribution in [3.05, 3.63) is 41.2 Å². The van der Waals surface area contributed by atoms with Crippen LogP contribution in [0.1, 0.15) is 75.0 Å². The number of rotatable bonds is 7. The van der Waals surface area contributed by atoms with Gasteiger partial charge in [-0.15, -0.1) is 5.10 Å². The smallest absolute Gasteiger partial charge is 0.276 e. The first-order valence-corrected chi connectivity index (χ1v) is 10.6. The molecule has 2 amide bonds. The maximum absolute atomic E-state index is 13.4. The van der Waals surface area contributed by atoms with Crippen LogP contribution >= 0.6 is 11.5 Å². The van der Waals surface area contributed by atoms with Crippen LogP contribution in [0.25, 0.3) is 0 Å². The Balaban J connectivity index is 2.03. The molecule has 0 aliphatic heterocycles. The summed E-state index contributed by atoms with van der Waals surface area (Å²) in [6.07, 6.45) is 7.97. The average molecular weight is 402 g/mol. The summed E-state index contributed by atoms with van der Waals surface area (Å²) in [6, 6.07) is 2.89. The zero-order chi connectivity index (χ0) is 20.1. The lowest BCUT2D eigenvalue weighted by atomic mass is 9.98. The van der Waals surface area contributed by atoms with Gasteiger partial charge < -0.3 is 10.2 Å². The Hall–Kier alpha value is -2.35. The van der Waals surface area contributed by atoms with Crippen molar-refractivity contribution in [3.8, 4) is 0 Å². The second-order valence-electron chi connectivity index (χ2n) is 7.86. The van der Waals surface area contributed by atoms with E-state index in [9.17, 15) is 9.59 Å². The largest absolute Gasteiger partial charge is 0.349 e. The van der Waals surface area contributed by atoms with Gasteiger partial charge in [0, 0.05) is 34.9 Å². The normalized spacial score (nSPS) is 16.0. The Kier molecular flexibility index (Phi) is 6.39. The monoisotopic (exact) mass is 401 g/mol. The van der Waals surface area contributed by atoms with Crippen molar-refractivity contribution >= 4 is 23.3 Å². The predicted molar refractivity (Wildman–Crippen MR) is 108 cm³/mol. The molecule has 1 aliphatic rings. The van der Waals surface area contributed by atoms with Gasteiger partial charge in [0.1, 0.15) is 6.04 Å². The molecule has 3 rings (SSSR count). The summed E-state index contributed by atoms with van der Waals surface area (Å²) in [7, 11) is 0. The SMILES string of the molecule is CCC(C)(C)NC(=O)[C@H](c1cccnc1)N(C(=O)c1csnn1)C1CCCC1. The van der Waals surface area contributed by atoms with E-state index in [2.05, 4.69) is 19.9 Å². The van der Waals surface area contributed by atoms with Gasteiger partial charge in [-0.05, 0) is 50.7 Å². The summed E-state index contributed by atoms with van der Waals surface area (Å²) in [6.45, 7) is 5.99. The van der Waals surface area contributed by atoms with Crippen LogP contribution in [-0.4, -0.2) is 42.9 Å². The van der Waals surface area contributed by atoms with Crippen molar-refractivity contribution < 1.29 is 9.59 Å². The Bertz CT molecular complexity index is 788. The number of hydrogen-bond acceptors (Lipinski definition) is 6. The Morgan fingerprint density at radius 3 is 2.68 bits per heavy atom. The third kappa shape index (κ3) is 4.55. The maximum atomic E-state index is 13.4. The average Bonchev–Trinajstić information content (AvgIpc) is 3.39. The Morgan fingerprint density at radius 1 is 1.36 bits per heavy atom. The summed E-state index contributed by atoms with van der Waals surface area (Å²) in [5.74, 6) is -0.442. The molecule has 150 valence electrons. The Labute approximate surface area is 169 Å². The van der Waals surface area contributed by atoms with Gasteiger partial charge in [0.2, 0.25) is 5.91 Å². The number of hydrogen-bond donors (Lipinski definition) is 1. The van der Waals surface area contributed by atoms with Crippen molar-refractivity contribution in [2.45, 2.75) is 70.5 Å². The standard InChI is InChI=1S/C20H27N5O2S/c1-4-20(2,3)22-18(26)17(14-8-7-11-21-12-14)25(15-9-5-6-10-15)19(27)16-13-28-24-23-16/h7-8,11-13,15,17H,4-6,9-10H2,1-3H3,(H,22,26)/t17-/m0/s1. The first-order chi connectivity index (χ1) is 13.4. The molecule has 28 heavy (non-hydrogen) atoms. The fraction of sp³-hybridized carbons (Fsp3) is 0.550. The number of pyridine rings is 1. The van der Waals surface area contributed by atoms with Crippen LogP contribution in [0.3, 0.4) is 0 Å². The van der Waals surface area contributed by atoms with Crippen LogP contribution in [-0.2, 0) is 4.79 Å². The molecule has 1 aliphatic carbocycles. The van der Waals surface area contributed by atoms with Crippen LogP contribution in [0.15, 0.2) is 29.9 Å². The molecule has 0 spiro atoms. The van der Waals surface area contributed by atoms with Crippen LogP contribution in [0.2, 0.25) is 0 Å². The fourth-order valence-corrected chi connectivity index (χ4v) is 3.96. The highest BCUT2D eigenvalue weighted by molar-refractivity contribution is 7.03. The van der Waals surface area contributed by atoms with Gasteiger partial charge in [-0.3, -0.25) is 14.6 Å². The molecule has 1 fully saturated rings. The van der Waals surface area contributed by atoms with Gasteiger partial charge in [-0.25, -0.2) is 0 Å². The zero-order valence-electron chi connectivity index (χ0n) is 16.6. The minimum atomic E-state index is -0.753. The fourth-order valence-electron chi connectivity index (χ4n) is 3.53. The highest BCUT2D eigenvalue weighted by atomic mass is 32.1. The summed E-state index contributed by atoms with van der Waals surface area (Å²) < 4.78 is 3.83. The van der Waals surface area contributed by atoms with Crippen LogP contribution in [0.4, 0.5) is 0 Å². The number of nitrogens with zero attached hydrogens (tertiary/aromatic N) is 4. The molecular weight excluding hydrogens is 374 g/mol. The van der Waals surface area contributed by atoms with Gasteiger partial charge in [0.25, 0.3) is 5.91 Å². The predicted octanol–water partition coefficient (Wildman–Crippen LogP) is 3.36. The van der Waals surface area contributed by atoms with Crippen molar-refractivity contribution in [3.63, 3.8) is 0 Å². The summed E-state index contributed by atoms with van der Waals surface area (Å²) in [5, 5.41) is 8.72. The van der Waals surface area contributed by atoms with Crippen LogP contribution in [0.5, 0.6) is 0 Å². The molecule has 0 bridgehead atoms. The third-order valence-corrected chi connectivity index (χ3v) is 5.91. The molecule has 2 aromatic rings.